The molecule has 1 aromatic carbocycles. The molecule has 0 saturated heterocycles. The van der Waals surface area contributed by atoms with Crippen LogP contribution >= 0.6 is 0 Å². The summed E-state index contributed by atoms with van der Waals surface area (Å²) in [6, 6.07) is 3.38. The largest absolute Gasteiger partial charge is 0.398 e. The van der Waals surface area contributed by atoms with Crippen molar-refractivity contribution in [2.75, 3.05) is 30.3 Å². The number of carbonyl (C=O) groups is 1. The van der Waals surface area contributed by atoms with Crippen molar-refractivity contribution in [2.24, 2.45) is 4.99 Å². The van der Waals surface area contributed by atoms with Crippen molar-refractivity contribution in [1.29, 1.82) is 0 Å². The van der Waals surface area contributed by atoms with Gasteiger partial charge in [-0.3, -0.25) is 14.3 Å². The van der Waals surface area contributed by atoms with Crippen LogP contribution < -0.4 is 11.1 Å². The highest BCUT2D eigenvalue weighted by molar-refractivity contribution is 7.91. The first-order valence-corrected chi connectivity index (χ1v) is 10.2. The quantitative estimate of drug-likeness (QED) is 0.244. The maximum Gasteiger partial charge on any atom is 0.296 e. The number of anilines is 1. The second-order valence-electron chi connectivity index (χ2n) is 4.77. The summed E-state index contributed by atoms with van der Waals surface area (Å²) in [5.74, 6) is -0.609. The van der Waals surface area contributed by atoms with E-state index in [4.69, 9.17) is 10.3 Å². The van der Waals surface area contributed by atoms with Crippen LogP contribution in [0.15, 0.2) is 28.1 Å². The fourth-order valence-electron chi connectivity index (χ4n) is 1.64. The number of hydrogen-bond donors (Lipinski definition) is 3. The summed E-state index contributed by atoms with van der Waals surface area (Å²) in [7, 11) is -7.55. The Balaban J connectivity index is 2.55. The third-order valence-corrected chi connectivity index (χ3v) is 5.44. The van der Waals surface area contributed by atoms with E-state index in [9.17, 15) is 21.6 Å². The maximum absolute atomic E-state index is 11.9. The number of aliphatic imine (C=N–C) groups is 1. The molecule has 0 aliphatic heterocycles. The highest BCUT2D eigenvalue weighted by atomic mass is 32.2. The lowest BCUT2D eigenvalue weighted by molar-refractivity contribution is 0.0954. The number of nitrogens with one attached hydrogen (secondary N) is 1. The fourth-order valence-corrected chi connectivity index (χ4v) is 2.80. The van der Waals surface area contributed by atoms with Gasteiger partial charge >= 0.3 is 0 Å². The second-order valence-corrected chi connectivity index (χ2v) is 8.56. The highest BCUT2D eigenvalue weighted by Crippen LogP contribution is 2.19. The van der Waals surface area contributed by atoms with Crippen molar-refractivity contribution < 1.29 is 26.2 Å². The molecule has 0 saturated carbocycles. The molecule has 0 fully saturated rings. The molecule has 1 rings (SSSR count). The molecule has 11 heteroatoms. The molecule has 134 valence electrons. The molecule has 4 N–H and O–H groups in total. The maximum atomic E-state index is 11.9. The first-order chi connectivity index (χ1) is 11.1. The normalized spacial score (nSPS) is 12.4. The van der Waals surface area contributed by atoms with E-state index in [1.807, 2.05) is 0 Å². The van der Waals surface area contributed by atoms with Crippen LogP contribution in [0.5, 0.6) is 0 Å². The number of benzene rings is 1. The Bertz CT molecular complexity index is 831. The Labute approximate surface area is 140 Å². The molecule has 1 aromatic rings. The van der Waals surface area contributed by atoms with Gasteiger partial charge in [-0.2, -0.15) is 8.42 Å². The molecular weight excluding hydrogens is 358 g/mol. The molecule has 0 aromatic heterocycles. The van der Waals surface area contributed by atoms with Gasteiger partial charge in [0, 0.05) is 24.1 Å². The van der Waals surface area contributed by atoms with Crippen LogP contribution in [0.4, 0.5) is 5.69 Å². The fraction of sp³-hybridized carbons (Fsp3) is 0.385. The minimum Gasteiger partial charge on any atom is -0.398 e. The molecule has 0 bridgehead atoms. The Morgan fingerprint density at radius 2 is 2.00 bits per heavy atom. The van der Waals surface area contributed by atoms with Crippen molar-refractivity contribution in [3.63, 3.8) is 0 Å². The van der Waals surface area contributed by atoms with Gasteiger partial charge in [0.1, 0.15) is 4.90 Å². The van der Waals surface area contributed by atoms with E-state index in [2.05, 4.69) is 10.3 Å². The molecule has 0 atom stereocenters. The molecule has 9 nitrogen and oxygen atoms in total. The van der Waals surface area contributed by atoms with E-state index in [0.717, 1.165) is 12.1 Å². The van der Waals surface area contributed by atoms with Gasteiger partial charge in [-0.1, -0.05) is 6.92 Å². The van der Waals surface area contributed by atoms with Gasteiger partial charge in [0.25, 0.3) is 16.0 Å². The van der Waals surface area contributed by atoms with Crippen molar-refractivity contribution in [3.8, 4) is 0 Å². The molecule has 0 radical (unpaired) electrons. The summed E-state index contributed by atoms with van der Waals surface area (Å²) in [5.41, 5.74) is 5.37. The lowest BCUT2D eigenvalue weighted by Crippen LogP contribution is -2.26. The summed E-state index contributed by atoms with van der Waals surface area (Å²) in [4.78, 5) is 15.3. The van der Waals surface area contributed by atoms with E-state index >= 15 is 0 Å². The first kappa shape index (κ1) is 20.1. The summed E-state index contributed by atoms with van der Waals surface area (Å²) in [5, 5.41) is 2.53. The van der Waals surface area contributed by atoms with Crippen LogP contribution in [0.2, 0.25) is 0 Å². The van der Waals surface area contributed by atoms with Crippen molar-refractivity contribution in [3.05, 3.63) is 23.8 Å². The molecule has 1 amide bonds. The van der Waals surface area contributed by atoms with Gasteiger partial charge in [-0.05, 0) is 18.2 Å². The Kier molecular flexibility index (Phi) is 6.87. The molecular formula is C13H19N3O6S2. The molecule has 0 spiro atoms. The van der Waals surface area contributed by atoms with Crippen LogP contribution in [0.25, 0.3) is 0 Å². The monoisotopic (exact) mass is 377 g/mol. The number of nitrogens with two attached hydrogens (primary N) is 1. The SMILES string of the molecule is CCS(=O)(=O)CC=NCCNC(=O)c1ccc(S(=O)(=O)O)c(N)c1. The van der Waals surface area contributed by atoms with E-state index < -0.39 is 30.8 Å². The van der Waals surface area contributed by atoms with Crippen LogP contribution in [-0.2, 0) is 20.0 Å². The number of nitrogens with zero attached hydrogens (tertiary/aromatic N) is 1. The standard InChI is InChI=1S/C13H19N3O6S2/c1-2-23(18,19)8-7-15-5-6-16-13(17)10-3-4-12(11(14)9-10)24(20,21)22/h3-4,7,9H,2,5-6,8,14H2,1H3,(H,16,17)(H,20,21,22). The van der Waals surface area contributed by atoms with Gasteiger partial charge in [0.05, 0.1) is 18.0 Å². The lowest BCUT2D eigenvalue weighted by atomic mass is 10.2. The zero-order valence-corrected chi connectivity index (χ0v) is 14.6. The zero-order chi connectivity index (χ0) is 18.4. The van der Waals surface area contributed by atoms with E-state index in [1.54, 1.807) is 6.92 Å². The molecule has 24 heavy (non-hydrogen) atoms. The molecule has 0 heterocycles. The molecule has 0 aliphatic carbocycles. The second kappa shape index (κ2) is 8.22. The summed E-state index contributed by atoms with van der Waals surface area (Å²) >= 11 is 0. The Hall–Kier alpha value is -1.98. The predicted octanol–water partition coefficient (Wildman–Crippen LogP) is -0.249. The smallest absolute Gasteiger partial charge is 0.296 e. The summed E-state index contributed by atoms with van der Waals surface area (Å²) in [6.45, 7) is 1.91. The Morgan fingerprint density at radius 1 is 1.33 bits per heavy atom. The third kappa shape index (κ3) is 6.26. The predicted molar refractivity (Wildman–Crippen MR) is 90.7 cm³/mol. The topological polar surface area (TPSA) is 156 Å². The molecule has 0 unspecified atom stereocenters. The van der Waals surface area contributed by atoms with Crippen LogP contribution in [0, 0.1) is 0 Å². The van der Waals surface area contributed by atoms with Gasteiger partial charge in [-0.25, -0.2) is 8.42 Å². The van der Waals surface area contributed by atoms with Gasteiger partial charge in [0.15, 0.2) is 9.84 Å². The van der Waals surface area contributed by atoms with Crippen LogP contribution in [0.3, 0.4) is 0 Å². The Morgan fingerprint density at radius 3 is 2.54 bits per heavy atom. The van der Waals surface area contributed by atoms with Crippen LogP contribution in [0.1, 0.15) is 17.3 Å². The number of amides is 1. The zero-order valence-electron chi connectivity index (χ0n) is 13.0. The number of carbonyl (C=O) groups excluding carboxylic acids is 1. The molecule has 0 aliphatic rings. The van der Waals surface area contributed by atoms with Gasteiger partial charge in [0.2, 0.25) is 0 Å². The lowest BCUT2D eigenvalue weighted by Gasteiger charge is -2.06. The number of sulfone groups is 1. The number of nitrogen functional groups attached to an aromatic ring is 1. The third-order valence-electron chi connectivity index (χ3n) is 2.97. The van der Waals surface area contributed by atoms with Crippen molar-refractivity contribution >= 4 is 37.8 Å². The van der Waals surface area contributed by atoms with E-state index in [0.29, 0.717) is 0 Å². The van der Waals surface area contributed by atoms with Gasteiger partial charge in [-0.15, -0.1) is 0 Å². The average Bonchev–Trinajstić information content (AvgIpc) is 2.49. The summed E-state index contributed by atoms with van der Waals surface area (Å²) in [6.07, 6.45) is 1.28. The van der Waals surface area contributed by atoms with Crippen molar-refractivity contribution in [1.82, 2.24) is 5.32 Å². The van der Waals surface area contributed by atoms with Gasteiger partial charge < -0.3 is 11.1 Å². The summed E-state index contributed by atoms with van der Waals surface area (Å²) < 4.78 is 53.4. The minimum absolute atomic E-state index is 0.0384. The van der Waals surface area contributed by atoms with E-state index in [-0.39, 0.29) is 35.8 Å². The van der Waals surface area contributed by atoms with Crippen LogP contribution in [-0.4, -0.2) is 58.1 Å². The highest BCUT2D eigenvalue weighted by Gasteiger charge is 2.15. The van der Waals surface area contributed by atoms with E-state index in [1.165, 1.54) is 12.3 Å². The number of rotatable bonds is 8. The first-order valence-electron chi connectivity index (χ1n) is 6.90. The number of hydrogen-bond acceptors (Lipinski definition) is 7. The minimum atomic E-state index is -4.44. The average molecular weight is 377 g/mol. The van der Waals surface area contributed by atoms with Crippen molar-refractivity contribution in [2.45, 2.75) is 11.8 Å².